The van der Waals surface area contributed by atoms with Gasteiger partial charge in [-0.25, -0.2) is 0 Å². The fraction of sp³-hybridized carbons (Fsp3) is 0.176. The van der Waals surface area contributed by atoms with Crippen LogP contribution >= 0.6 is 22.7 Å². The largest absolute Gasteiger partial charge is 0.487 e. The minimum atomic E-state index is 0.231. The Bertz CT molecular complexity index is 658. The number of ether oxygens (including phenoxy) is 2. The first-order valence-corrected chi connectivity index (χ1v) is 8.27. The molecule has 0 aliphatic carbocycles. The lowest BCUT2D eigenvalue weighted by Crippen LogP contribution is -1.98. The quantitative estimate of drug-likeness (QED) is 0.659. The van der Waals surface area contributed by atoms with Crippen molar-refractivity contribution in [1.29, 1.82) is 0 Å². The molecule has 3 rings (SSSR count). The van der Waals surface area contributed by atoms with Crippen LogP contribution in [0.25, 0.3) is 0 Å². The number of thiophene rings is 2. The zero-order valence-corrected chi connectivity index (χ0v) is 13.5. The molecule has 0 amide bonds. The fourth-order valence-electron chi connectivity index (χ4n) is 2.31. The molecule has 0 unspecified atom stereocenters. The molecule has 0 saturated heterocycles. The summed E-state index contributed by atoms with van der Waals surface area (Å²) in [6, 6.07) is 18.9. The number of hydrogen-bond donors (Lipinski definition) is 0. The van der Waals surface area contributed by atoms with E-state index in [0.717, 1.165) is 10.1 Å². The molecule has 1 aromatic carbocycles. The third-order valence-electron chi connectivity index (χ3n) is 3.31. The van der Waals surface area contributed by atoms with Crippen LogP contribution in [0.15, 0.2) is 54.6 Å². The molecule has 0 N–H and O–H groups in total. The maximum atomic E-state index is 5.34. The molecule has 0 aliphatic heterocycles. The van der Waals surface area contributed by atoms with E-state index in [1.165, 1.54) is 15.3 Å². The second-order valence-corrected chi connectivity index (χ2v) is 6.72. The molecule has 0 radical (unpaired) electrons. The van der Waals surface area contributed by atoms with Crippen LogP contribution in [0.4, 0.5) is 0 Å². The van der Waals surface area contributed by atoms with Gasteiger partial charge >= 0.3 is 0 Å². The van der Waals surface area contributed by atoms with E-state index < -0.39 is 0 Å². The topological polar surface area (TPSA) is 18.5 Å². The first kappa shape index (κ1) is 14.2. The summed E-state index contributed by atoms with van der Waals surface area (Å²) in [5.74, 6) is 0.231. The van der Waals surface area contributed by atoms with Crippen LogP contribution in [0.1, 0.15) is 21.2 Å². The first-order chi connectivity index (χ1) is 10.3. The Morgan fingerprint density at radius 2 is 1.24 bits per heavy atom. The number of methoxy groups -OCH3 is 2. The Balaban J connectivity index is 2.06. The van der Waals surface area contributed by atoms with Crippen molar-refractivity contribution < 1.29 is 9.47 Å². The van der Waals surface area contributed by atoms with Gasteiger partial charge in [0, 0.05) is 9.75 Å². The predicted octanol–water partition coefficient (Wildman–Crippen LogP) is 5.01. The van der Waals surface area contributed by atoms with Crippen LogP contribution in [0.2, 0.25) is 0 Å². The monoisotopic (exact) mass is 316 g/mol. The van der Waals surface area contributed by atoms with E-state index >= 15 is 0 Å². The second kappa shape index (κ2) is 6.33. The lowest BCUT2D eigenvalue weighted by molar-refractivity contribution is 0.427. The molecule has 21 heavy (non-hydrogen) atoms. The molecule has 0 fully saturated rings. The Hall–Kier alpha value is -1.78. The van der Waals surface area contributed by atoms with Gasteiger partial charge in [-0.3, -0.25) is 0 Å². The lowest BCUT2D eigenvalue weighted by Gasteiger charge is -2.14. The van der Waals surface area contributed by atoms with Crippen LogP contribution < -0.4 is 9.47 Å². The minimum absolute atomic E-state index is 0.231. The van der Waals surface area contributed by atoms with Crippen LogP contribution in [0, 0.1) is 0 Å². The third-order valence-corrected chi connectivity index (χ3v) is 5.53. The van der Waals surface area contributed by atoms with Crippen molar-refractivity contribution in [3.63, 3.8) is 0 Å². The van der Waals surface area contributed by atoms with Gasteiger partial charge in [-0.15, -0.1) is 22.7 Å². The van der Waals surface area contributed by atoms with E-state index in [-0.39, 0.29) is 5.92 Å². The van der Waals surface area contributed by atoms with Gasteiger partial charge in [-0.05, 0) is 29.8 Å². The third kappa shape index (κ3) is 2.96. The van der Waals surface area contributed by atoms with Gasteiger partial charge in [0.2, 0.25) is 0 Å². The highest BCUT2D eigenvalue weighted by Crippen LogP contribution is 2.42. The van der Waals surface area contributed by atoms with E-state index in [2.05, 4.69) is 36.4 Å². The molecule has 0 bridgehead atoms. The smallest absolute Gasteiger partial charge is 0.173 e. The maximum Gasteiger partial charge on any atom is 0.173 e. The normalized spacial score (nSPS) is 10.8. The molecule has 2 nitrogen and oxygen atoms in total. The zero-order chi connectivity index (χ0) is 14.7. The number of rotatable bonds is 5. The number of hydrogen-bond acceptors (Lipinski definition) is 4. The van der Waals surface area contributed by atoms with E-state index in [0.29, 0.717) is 0 Å². The first-order valence-electron chi connectivity index (χ1n) is 6.64. The van der Waals surface area contributed by atoms with Gasteiger partial charge in [0.1, 0.15) is 0 Å². The summed E-state index contributed by atoms with van der Waals surface area (Å²) in [6.07, 6.45) is 0. The standard InChI is InChI=1S/C17H16O2S2/c1-18-15-10-8-13(20-15)17(12-6-4-3-5-7-12)14-9-11-16(19-2)21-14/h3-11,17H,1-2H3. The van der Waals surface area contributed by atoms with E-state index in [1.54, 1.807) is 36.9 Å². The van der Waals surface area contributed by atoms with E-state index in [4.69, 9.17) is 9.47 Å². The molecule has 0 spiro atoms. The molecule has 108 valence electrons. The van der Waals surface area contributed by atoms with Crippen LogP contribution in [-0.4, -0.2) is 14.2 Å². The van der Waals surface area contributed by atoms with Crippen LogP contribution in [0.3, 0.4) is 0 Å². The molecular weight excluding hydrogens is 300 g/mol. The van der Waals surface area contributed by atoms with Crippen molar-refractivity contribution in [3.05, 3.63) is 69.9 Å². The molecule has 0 saturated carbocycles. The van der Waals surface area contributed by atoms with Crippen LogP contribution in [0.5, 0.6) is 10.1 Å². The van der Waals surface area contributed by atoms with Gasteiger partial charge in [0.25, 0.3) is 0 Å². The van der Waals surface area contributed by atoms with Crippen molar-refractivity contribution >= 4 is 22.7 Å². The van der Waals surface area contributed by atoms with Crippen molar-refractivity contribution in [2.75, 3.05) is 14.2 Å². The van der Waals surface area contributed by atoms with Crippen molar-refractivity contribution in [2.45, 2.75) is 5.92 Å². The minimum Gasteiger partial charge on any atom is -0.487 e. The molecular formula is C17H16O2S2. The summed E-state index contributed by atoms with van der Waals surface area (Å²) < 4.78 is 10.7. The van der Waals surface area contributed by atoms with E-state index in [1.807, 2.05) is 18.2 Å². The Labute approximate surface area is 132 Å². The highest BCUT2D eigenvalue weighted by atomic mass is 32.1. The summed E-state index contributed by atoms with van der Waals surface area (Å²) in [5.41, 5.74) is 1.28. The van der Waals surface area contributed by atoms with Gasteiger partial charge in [-0.1, -0.05) is 30.3 Å². The van der Waals surface area contributed by atoms with Gasteiger partial charge in [-0.2, -0.15) is 0 Å². The summed E-state index contributed by atoms with van der Waals surface area (Å²) in [4.78, 5) is 2.56. The molecule has 2 heterocycles. The fourth-order valence-corrected chi connectivity index (χ4v) is 4.32. The molecule has 0 aliphatic rings. The van der Waals surface area contributed by atoms with Crippen molar-refractivity contribution in [1.82, 2.24) is 0 Å². The summed E-state index contributed by atoms with van der Waals surface area (Å²) >= 11 is 3.38. The Morgan fingerprint density at radius 1 is 0.714 bits per heavy atom. The molecule has 2 aromatic heterocycles. The summed E-state index contributed by atoms with van der Waals surface area (Å²) in [5, 5.41) is 1.88. The van der Waals surface area contributed by atoms with Gasteiger partial charge < -0.3 is 9.47 Å². The van der Waals surface area contributed by atoms with Crippen LogP contribution in [-0.2, 0) is 0 Å². The molecule has 0 atom stereocenters. The second-order valence-electron chi connectivity index (χ2n) is 4.57. The number of benzene rings is 1. The molecule has 3 aromatic rings. The van der Waals surface area contributed by atoms with Gasteiger partial charge in [0.05, 0.1) is 20.1 Å². The summed E-state index contributed by atoms with van der Waals surface area (Å²) in [7, 11) is 3.42. The predicted molar refractivity (Wildman–Crippen MR) is 89.1 cm³/mol. The average molecular weight is 316 g/mol. The highest BCUT2D eigenvalue weighted by molar-refractivity contribution is 7.15. The zero-order valence-electron chi connectivity index (χ0n) is 11.9. The SMILES string of the molecule is COc1ccc(C(c2ccccc2)c2ccc(OC)s2)s1. The van der Waals surface area contributed by atoms with Gasteiger partial charge in [0.15, 0.2) is 10.1 Å². The summed E-state index contributed by atoms with van der Waals surface area (Å²) in [6.45, 7) is 0. The van der Waals surface area contributed by atoms with Crippen molar-refractivity contribution in [3.8, 4) is 10.1 Å². The molecule has 4 heteroatoms. The average Bonchev–Trinajstić information content (AvgIpc) is 3.18. The van der Waals surface area contributed by atoms with Crippen molar-refractivity contribution in [2.24, 2.45) is 0 Å². The Morgan fingerprint density at radius 3 is 1.67 bits per heavy atom. The maximum absolute atomic E-state index is 5.34. The lowest BCUT2D eigenvalue weighted by atomic mass is 9.96. The highest BCUT2D eigenvalue weighted by Gasteiger charge is 2.21. The van der Waals surface area contributed by atoms with E-state index in [9.17, 15) is 0 Å². The Kier molecular flexibility index (Phi) is 4.27.